The molecule has 7 heteroatoms. The van der Waals surface area contributed by atoms with E-state index in [1.54, 1.807) is 36.4 Å². The van der Waals surface area contributed by atoms with Crippen LogP contribution in [-0.2, 0) is 14.9 Å². The Labute approximate surface area is 149 Å². The second-order valence-corrected chi connectivity index (χ2v) is 7.59. The van der Waals surface area contributed by atoms with Crippen LogP contribution >= 0.6 is 15.9 Å². The highest BCUT2D eigenvalue weighted by Gasteiger charge is 2.35. The lowest BCUT2D eigenvalue weighted by Gasteiger charge is -2.24. The van der Waals surface area contributed by atoms with E-state index in [9.17, 15) is 8.42 Å². The molecule has 0 bridgehead atoms. The summed E-state index contributed by atoms with van der Waals surface area (Å²) in [5, 5.41) is 0. The Hall–Kier alpha value is -1.83. The summed E-state index contributed by atoms with van der Waals surface area (Å²) < 4.78 is 42.0. The molecule has 0 saturated heterocycles. The minimum Gasteiger partial charge on any atom is -0.493 e. The predicted molar refractivity (Wildman–Crippen MR) is 94.4 cm³/mol. The quantitative estimate of drug-likeness (QED) is 0.714. The zero-order valence-corrected chi connectivity index (χ0v) is 15.4. The predicted octanol–water partition coefficient (Wildman–Crippen LogP) is 3.91. The molecule has 1 aliphatic rings. The molecule has 3 rings (SSSR count). The van der Waals surface area contributed by atoms with Crippen LogP contribution in [0.1, 0.15) is 17.2 Å². The minimum absolute atomic E-state index is 0.0491. The van der Waals surface area contributed by atoms with E-state index >= 15 is 0 Å². The summed E-state index contributed by atoms with van der Waals surface area (Å²) in [5.74, 6) is 0.554. The number of hydrogen-bond donors (Lipinski definition) is 0. The van der Waals surface area contributed by atoms with Gasteiger partial charge in [-0.25, -0.2) is 0 Å². The van der Waals surface area contributed by atoms with Gasteiger partial charge in [0, 0.05) is 17.1 Å². The molecule has 0 spiro atoms. The zero-order chi connectivity index (χ0) is 17.3. The van der Waals surface area contributed by atoms with Crippen molar-refractivity contribution < 1.29 is 22.1 Å². The van der Waals surface area contributed by atoms with Gasteiger partial charge in [-0.15, -0.1) is 0 Å². The monoisotopic (exact) mass is 410 g/mol. The van der Waals surface area contributed by atoms with Crippen LogP contribution in [0.4, 0.5) is 0 Å². The van der Waals surface area contributed by atoms with Crippen molar-refractivity contribution in [3.8, 4) is 11.5 Å². The fourth-order valence-electron chi connectivity index (χ4n) is 2.54. The molecule has 1 aliphatic heterocycles. The third kappa shape index (κ3) is 3.07. The van der Waals surface area contributed by atoms with Crippen LogP contribution in [0.15, 0.2) is 51.8 Å². The molecule has 1 atom stereocenters. The molecule has 0 aliphatic carbocycles. The van der Waals surface area contributed by atoms with Gasteiger partial charge in [0.05, 0.1) is 7.11 Å². The molecule has 0 amide bonds. The van der Waals surface area contributed by atoms with Crippen molar-refractivity contribution in [3.05, 3.63) is 63.0 Å². The molecule has 1 unspecified atom stereocenters. The number of para-hydroxylation sites is 1. The normalized spacial score (nSPS) is 16.5. The molecule has 0 radical (unpaired) electrons. The van der Waals surface area contributed by atoms with Crippen LogP contribution in [-0.4, -0.2) is 22.6 Å². The number of halogens is 1. The van der Waals surface area contributed by atoms with E-state index in [0.29, 0.717) is 16.9 Å². The molecule has 2 aromatic rings. The van der Waals surface area contributed by atoms with E-state index < -0.39 is 16.2 Å². The van der Waals surface area contributed by atoms with E-state index in [1.165, 1.54) is 14.2 Å². The summed E-state index contributed by atoms with van der Waals surface area (Å²) in [6.07, 6.45) is 0.801. The first-order valence-corrected chi connectivity index (χ1v) is 9.27. The molecule has 0 fully saturated rings. The van der Waals surface area contributed by atoms with E-state index in [4.69, 9.17) is 13.7 Å². The fraction of sp³-hybridized carbons (Fsp3) is 0.176. The van der Waals surface area contributed by atoms with Gasteiger partial charge in [0.2, 0.25) is 0 Å². The van der Waals surface area contributed by atoms with Gasteiger partial charge in [-0.2, -0.15) is 8.42 Å². The number of methoxy groups -OCH3 is 2. The van der Waals surface area contributed by atoms with Gasteiger partial charge in [0.1, 0.15) is 11.0 Å². The Morgan fingerprint density at radius 3 is 2.42 bits per heavy atom. The molecular weight excluding hydrogens is 396 g/mol. The van der Waals surface area contributed by atoms with E-state index in [0.717, 1.165) is 4.47 Å². The van der Waals surface area contributed by atoms with Gasteiger partial charge in [0.25, 0.3) is 0 Å². The maximum Gasteiger partial charge on any atom is 0.338 e. The molecule has 1 heterocycles. The number of hydrogen-bond acceptors (Lipinski definition) is 5. The third-order valence-electron chi connectivity index (χ3n) is 3.68. The molecule has 2 aromatic carbocycles. The Bertz CT molecular complexity index is 888. The molecule has 24 heavy (non-hydrogen) atoms. The summed E-state index contributed by atoms with van der Waals surface area (Å²) in [4.78, 5) is 0.0491. The highest BCUT2D eigenvalue weighted by atomic mass is 79.9. The SMILES string of the molecule is COc1cccc2c1OS(=O)(=O)C(C(OC)c1ccc(Br)cc1)=C2. The van der Waals surface area contributed by atoms with Gasteiger partial charge in [0.15, 0.2) is 11.5 Å². The van der Waals surface area contributed by atoms with Crippen molar-refractivity contribution in [2.75, 3.05) is 14.2 Å². The van der Waals surface area contributed by atoms with Crippen LogP contribution in [0.25, 0.3) is 6.08 Å². The van der Waals surface area contributed by atoms with E-state index in [1.807, 2.05) is 12.1 Å². The van der Waals surface area contributed by atoms with Crippen molar-refractivity contribution in [3.63, 3.8) is 0 Å². The van der Waals surface area contributed by atoms with Gasteiger partial charge in [-0.1, -0.05) is 40.2 Å². The smallest absolute Gasteiger partial charge is 0.338 e. The lowest BCUT2D eigenvalue weighted by molar-refractivity contribution is 0.138. The van der Waals surface area contributed by atoms with Crippen molar-refractivity contribution in [1.29, 1.82) is 0 Å². The van der Waals surface area contributed by atoms with Crippen LogP contribution in [0, 0.1) is 0 Å². The van der Waals surface area contributed by atoms with E-state index in [-0.39, 0.29) is 10.7 Å². The molecule has 5 nitrogen and oxygen atoms in total. The average Bonchev–Trinajstić information content (AvgIpc) is 2.56. The van der Waals surface area contributed by atoms with Crippen LogP contribution in [0.3, 0.4) is 0 Å². The summed E-state index contributed by atoms with van der Waals surface area (Å²) >= 11 is 3.36. The third-order valence-corrected chi connectivity index (χ3v) is 5.50. The van der Waals surface area contributed by atoms with Crippen molar-refractivity contribution in [1.82, 2.24) is 0 Å². The topological polar surface area (TPSA) is 61.8 Å². The number of rotatable bonds is 4. The standard InChI is InChI=1S/C17H15BrO5S/c1-21-14-5-3-4-12-10-15(24(19,20)23-16(12)14)17(22-2)11-6-8-13(18)9-7-11/h3-10,17H,1-2H3. The largest absolute Gasteiger partial charge is 0.493 e. The van der Waals surface area contributed by atoms with Gasteiger partial charge >= 0.3 is 10.1 Å². The van der Waals surface area contributed by atoms with Crippen LogP contribution in [0.2, 0.25) is 0 Å². The summed E-state index contributed by atoms with van der Waals surface area (Å²) in [5.41, 5.74) is 1.34. The van der Waals surface area contributed by atoms with Crippen molar-refractivity contribution in [2.24, 2.45) is 0 Å². The van der Waals surface area contributed by atoms with Gasteiger partial charge in [-0.05, 0) is 29.8 Å². The summed E-state index contributed by atoms with van der Waals surface area (Å²) in [6, 6.07) is 12.4. The first-order valence-electron chi connectivity index (χ1n) is 7.07. The van der Waals surface area contributed by atoms with Crippen molar-refractivity contribution >= 4 is 32.1 Å². The lowest BCUT2D eigenvalue weighted by Crippen LogP contribution is -2.22. The summed E-state index contributed by atoms with van der Waals surface area (Å²) in [7, 11) is -1.07. The molecule has 0 N–H and O–H groups in total. The minimum atomic E-state index is -3.99. The van der Waals surface area contributed by atoms with E-state index in [2.05, 4.69) is 15.9 Å². The van der Waals surface area contributed by atoms with Crippen LogP contribution < -0.4 is 8.92 Å². The second kappa shape index (κ2) is 6.58. The van der Waals surface area contributed by atoms with Crippen LogP contribution in [0.5, 0.6) is 11.5 Å². The summed E-state index contributed by atoms with van der Waals surface area (Å²) in [6.45, 7) is 0. The molecule has 126 valence electrons. The Morgan fingerprint density at radius 1 is 1.08 bits per heavy atom. The van der Waals surface area contributed by atoms with Crippen molar-refractivity contribution in [2.45, 2.75) is 6.10 Å². The second-order valence-electron chi connectivity index (χ2n) is 5.13. The first-order chi connectivity index (χ1) is 11.5. The molecular formula is C17H15BrO5S. The number of fused-ring (bicyclic) bond motifs is 1. The Kier molecular flexibility index (Phi) is 4.67. The number of ether oxygens (including phenoxy) is 2. The fourth-order valence-corrected chi connectivity index (χ4v) is 4.06. The molecule has 0 saturated carbocycles. The Morgan fingerprint density at radius 2 is 1.79 bits per heavy atom. The highest BCUT2D eigenvalue weighted by molar-refractivity contribution is 9.10. The molecule has 0 aromatic heterocycles. The average molecular weight is 411 g/mol. The lowest BCUT2D eigenvalue weighted by atomic mass is 10.1. The maximum atomic E-state index is 12.6. The number of benzene rings is 2. The maximum absolute atomic E-state index is 12.6. The Balaban J connectivity index is 2.13. The zero-order valence-electron chi connectivity index (χ0n) is 13.0. The van der Waals surface area contributed by atoms with Gasteiger partial charge in [-0.3, -0.25) is 0 Å². The van der Waals surface area contributed by atoms with Gasteiger partial charge < -0.3 is 13.7 Å². The first kappa shape index (κ1) is 17.0. The highest BCUT2D eigenvalue weighted by Crippen LogP contribution is 2.42.